The zero-order valence-electron chi connectivity index (χ0n) is 13.9. The number of nitrogens with one attached hydrogen (secondary N) is 1. The van der Waals surface area contributed by atoms with E-state index in [9.17, 15) is 4.79 Å². The van der Waals surface area contributed by atoms with Gasteiger partial charge in [0.25, 0.3) is 5.91 Å². The maximum Gasteiger partial charge on any atom is 0.251 e. The van der Waals surface area contributed by atoms with Gasteiger partial charge in [0, 0.05) is 29.9 Å². The van der Waals surface area contributed by atoms with E-state index in [1.165, 1.54) is 16.6 Å². The van der Waals surface area contributed by atoms with Crippen molar-refractivity contribution in [2.24, 2.45) is 0 Å². The molecule has 4 aromatic rings. The second-order valence-corrected chi connectivity index (χ2v) is 6.60. The van der Waals surface area contributed by atoms with Crippen molar-refractivity contribution in [1.29, 1.82) is 0 Å². The Kier molecular flexibility index (Phi) is 4.19. The summed E-state index contributed by atoms with van der Waals surface area (Å²) in [6.45, 7) is 3.64. The van der Waals surface area contributed by atoms with E-state index in [0.717, 1.165) is 35.7 Å². The van der Waals surface area contributed by atoms with Gasteiger partial charge in [0.2, 0.25) is 0 Å². The Morgan fingerprint density at radius 2 is 1.96 bits per heavy atom. The fraction of sp³-hybridized carbons (Fsp3) is 0.211. The van der Waals surface area contributed by atoms with Crippen molar-refractivity contribution < 1.29 is 4.79 Å². The zero-order chi connectivity index (χ0) is 17.2. The molecule has 0 aliphatic carbocycles. The Balaban J connectivity index is 1.37. The first-order valence-corrected chi connectivity index (χ1v) is 9.01. The van der Waals surface area contributed by atoms with E-state index in [1.807, 2.05) is 6.07 Å². The summed E-state index contributed by atoms with van der Waals surface area (Å²) in [4.78, 5) is 12.3. The summed E-state index contributed by atoms with van der Waals surface area (Å²) < 4.78 is 10.6. The minimum atomic E-state index is -0.0658. The Labute approximate surface area is 149 Å². The fourth-order valence-corrected chi connectivity index (χ4v) is 3.63. The van der Waals surface area contributed by atoms with Crippen molar-refractivity contribution in [2.45, 2.75) is 19.9 Å². The summed E-state index contributed by atoms with van der Waals surface area (Å²) in [5, 5.41) is 4.25. The van der Waals surface area contributed by atoms with E-state index in [4.69, 9.17) is 0 Å². The maximum atomic E-state index is 12.3. The first-order chi connectivity index (χ1) is 12.2. The first kappa shape index (κ1) is 15.8. The number of benzene rings is 2. The highest BCUT2D eigenvalue weighted by atomic mass is 32.1. The van der Waals surface area contributed by atoms with E-state index in [1.54, 1.807) is 12.1 Å². The van der Waals surface area contributed by atoms with Crippen LogP contribution in [0.5, 0.6) is 0 Å². The molecule has 1 amide bonds. The molecule has 0 aliphatic rings. The number of aromatic nitrogens is 3. The zero-order valence-corrected chi connectivity index (χ0v) is 14.7. The Bertz CT molecular complexity index is 1050. The number of amides is 1. The number of para-hydroxylation sites is 1. The molecule has 5 nitrogen and oxygen atoms in total. The summed E-state index contributed by atoms with van der Waals surface area (Å²) in [6, 6.07) is 16.0. The molecule has 0 aliphatic heterocycles. The molecule has 0 bridgehead atoms. The van der Waals surface area contributed by atoms with Crippen LogP contribution in [-0.4, -0.2) is 25.8 Å². The number of carbonyl (C=O) groups excluding carboxylic acids is 1. The molecule has 0 saturated heterocycles. The molecular weight excluding hydrogens is 332 g/mol. The summed E-state index contributed by atoms with van der Waals surface area (Å²) in [5.74, 6) is -0.0658. The normalized spacial score (nSPS) is 11.2. The highest BCUT2D eigenvalue weighted by Gasteiger charge is 2.08. The summed E-state index contributed by atoms with van der Waals surface area (Å²) in [6.07, 6.45) is 0.881. The van der Waals surface area contributed by atoms with Crippen molar-refractivity contribution in [3.05, 3.63) is 59.8 Å². The van der Waals surface area contributed by atoms with Gasteiger partial charge in [0.15, 0.2) is 0 Å². The van der Waals surface area contributed by atoms with E-state index >= 15 is 0 Å². The lowest BCUT2D eigenvalue weighted by atomic mass is 10.2. The molecule has 4 rings (SSSR count). The van der Waals surface area contributed by atoms with Crippen molar-refractivity contribution >= 4 is 39.6 Å². The van der Waals surface area contributed by atoms with Gasteiger partial charge < -0.3 is 9.88 Å². The van der Waals surface area contributed by atoms with Gasteiger partial charge >= 0.3 is 0 Å². The van der Waals surface area contributed by atoms with Crippen LogP contribution in [0.25, 0.3) is 21.9 Å². The Hall–Kier alpha value is -2.73. The quantitative estimate of drug-likeness (QED) is 0.557. The highest BCUT2D eigenvalue weighted by molar-refractivity contribution is 7.00. The third-order valence-corrected chi connectivity index (χ3v) is 4.93. The first-order valence-electron chi connectivity index (χ1n) is 8.28. The smallest absolute Gasteiger partial charge is 0.251 e. The number of rotatable bonds is 5. The molecule has 0 unspecified atom stereocenters. The minimum Gasteiger partial charge on any atom is -0.352 e. The monoisotopic (exact) mass is 350 g/mol. The van der Waals surface area contributed by atoms with Gasteiger partial charge in [-0.2, -0.15) is 8.75 Å². The SMILES string of the molecule is Cc1cc2ccccc2n1CCCNC(=O)c1ccc2nsnc2c1. The largest absolute Gasteiger partial charge is 0.352 e. The number of hydrogen-bond donors (Lipinski definition) is 1. The average molecular weight is 350 g/mol. The van der Waals surface area contributed by atoms with Gasteiger partial charge in [-0.1, -0.05) is 18.2 Å². The number of nitrogens with zero attached hydrogens (tertiary/aromatic N) is 3. The van der Waals surface area contributed by atoms with Crippen LogP contribution in [0.15, 0.2) is 48.5 Å². The lowest BCUT2D eigenvalue weighted by Gasteiger charge is -2.09. The molecule has 1 N–H and O–H groups in total. The van der Waals surface area contributed by atoms with Gasteiger partial charge in [-0.15, -0.1) is 0 Å². The van der Waals surface area contributed by atoms with E-state index in [0.29, 0.717) is 12.1 Å². The molecule has 2 heterocycles. The number of aryl methyl sites for hydroxylation is 2. The molecule has 0 fully saturated rings. The minimum absolute atomic E-state index is 0.0658. The summed E-state index contributed by atoms with van der Waals surface area (Å²) in [5.41, 5.74) is 4.72. The molecule has 2 aromatic heterocycles. The van der Waals surface area contributed by atoms with E-state index in [2.05, 4.69) is 55.9 Å². The van der Waals surface area contributed by atoms with Crippen molar-refractivity contribution in [3.63, 3.8) is 0 Å². The highest BCUT2D eigenvalue weighted by Crippen LogP contribution is 2.19. The predicted octanol–water partition coefficient (Wildman–Crippen LogP) is 3.77. The van der Waals surface area contributed by atoms with E-state index < -0.39 is 0 Å². The molecule has 0 spiro atoms. The van der Waals surface area contributed by atoms with Crippen LogP contribution in [0, 0.1) is 6.92 Å². The topological polar surface area (TPSA) is 59.8 Å². The summed E-state index contributed by atoms with van der Waals surface area (Å²) in [7, 11) is 0. The Morgan fingerprint density at radius 3 is 2.88 bits per heavy atom. The third-order valence-electron chi connectivity index (χ3n) is 4.38. The van der Waals surface area contributed by atoms with Gasteiger partial charge in [-0.25, -0.2) is 0 Å². The van der Waals surface area contributed by atoms with Crippen molar-refractivity contribution in [1.82, 2.24) is 18.6 Å². The van der Waals surface area contributed by atoms with Crippen molar-refractivity contribution in [3.8, 4) is 0 Å². The maximum absolute atomic E-state index is 12.3. The van der Waals surface area contributed by atoms with Gasteiger partial charge in [0.05, 0.1) is 11.7 Å². The van der Waals surface area contributed by atoms with Crippen LogP contribution in [0.1, 0.15) is 22.5 Å². The average Bonchev–Trinajstić information content (AvgIpc) is 3.21. The van der Waals surface area contributed by atoms with Gasteiger partial charge in [-0.3, -0.25) is 4.79 Å². The van der Waals surface area contributed by atoms with Gasteiger partial charge in [-0.05, 0) is 49.1 Å². The molecule has 0 atom stereocenters. The molecule has 6 heteroatoms. The van der Waals surface area contributed by atoms with Crippen LogP contribution >= 0.6 is 11.7 Å². The molecular formula is C19H18N4OS. The van der Waals surface area contributed by atoms with Crippen LogP contribution < -0.4 is 5.32 Å². The molecule has 126 valence electrons. The third kappa shape index (κ3) is 3.13. The van der Waals surface area contributed by atoms with Crippen LogP contribution in [0.3, 0.4) is 0 Å². The Morgan fingerprint density at radius 1 is 1.12 bits per heavy atom. The second-order valence-electron chi connectivity index (χ2n) is 6.07. The van der Waals surface area contributed by atoms with E-state index in [-0.39, 0.29) is 5.91 Å². The number of carbonyl (C=O) groups is 1. The fourth-order valence-electron chi connectivity index (χ4n) is 3.11. The van der Waals surface area contributed by atoms with Crippen LogP contribution in [0.2, 0.25) is 0 Å². The number of hydrogen-bond acceptors (Lipinski definition) is 4. The predicted molar refractivity (Wildman–Crippen MR) is 101 cm³/mol. The number of fused-ring (bicyclic) bond motifs is 2. The van der Waals surface area contributed by atoms with Crippen LogP contribution in [0.4, 0.5) is 0 Å². The standard InChI is InChI=1S/C19H18N4OS/c1-13-11-14-5-2-3-6-18(14)23(13)10-4-9-20-19(24)15-7-8-16-17(12-15)22-25-21-16/h2-3,5-8,11-12H,4,9-10H2,1H3,(H,20,24). The molecule has 2 aromatic carbocycles. The lowest BCUT2D eigenvalue weighted by molar-refractivity contribution is 0.0953. The summed E-state index contributed by atoms with van der Waals surface area (Å²) >= 11 is 1.16. The molecule has 0 radical (unpaired) electrons. The second kappa shape index (κ2) is 6.64. The molecule has 0 saturated carbocycles. The van der Waals surface area contributed by atoms with Crippen LogP contribution in [-0.2, 0) is 6.54 Å². The van der Waals surface area contributed by atoms with Gasteiger partial charge in [0.1, 0.15) is 11.0 Å². The molecule has 25 heavy (non-hydrogen) atoms. The van der Waals surface area contributed by atoms with Crippen molar-refractivity contribution in [2.75, 3.05) is 6.54 Å². The lowest BCUT2D eigenvalue weighted by Crippen LogP contribution is -2.25.